The molecule has 1 amide bonds. The Balaban J connectivity index is 1.83. The molecule has 0 aliphatic heterocycles. The SMILES string of the molecule is Cc1cc(C)n2nc(C)c(C(=O)Nc3ccc(CCC(=O)O)cc3)c2n1. The van der Waals surface area contributed by atoms with Crippen molar-refractivity contribution >= 4 is 23.2 Å². The summed E-state index contributed by atoms with van der Waals surface area (Å²) in [6, 6.07) is 9.07. The molecular weight excluding hydrogens is 332 g/mol. The molecule has 0 unspecified atom stereocenters. The van der Waals surface area contributed by atoms with Crippen LogP contribution in [0.25, 0.3) is 5.65 Å². The molecule has 26 heavy (non-hydrogen) atoms. The van der Waals surface area contributed by atoms with Gasteiger partial charge in [0.15, 0.2) is 5.65 Å². The van der Waals surface area contributed by atoms with Gasteiger partial charge in [-0.25, -0.2) is 9.50 Å². The number of rotatable bonds is 5. The van der Waals surface area contributed by atoms with E-state index in [1.807, 2.05) is 32.0 Å². The molecule has 0 fully saturated rings. The van der Waals surface area contributed by atoms with Crippen molar-refractivity contribution in [2.24, 2.45) is 0 Å². The van der Waals surface area contributed by atoms with E-state index in [1.165, 1.54) is 0 Å². The predicted octanol–water partition coefficient (Wildman–Crippen LogP) is 2.92. The number of fused-ring (bicyclic) bond motifs is 1. The third-order valence-corrected chi connectivity index (χ3v) is 4.14. The lowest BCUT2D eigenvalue weighted by molar-refractivity contribution is -0.136. The second-order valence-corrected chi connectivity index (χ2v) is 6.28. The van der Waals surface area contributed by atoms with Crippen LogP contribution in [0, 0.1) is 20.8 Å². The predicted molar refractivity (Wildman–Crippen MR) is 97.6 cm³/mol. The topological polar surface area (TPSA) is 96.6 Å². The Morgan fingerprint density at radius 2 is 1.85 bits per heavy atom. The van der Waals surface area contributed by atoms with E-state index in [9.17, 15) is 9.59 Å². The van der Waals surface area contributed by atoms with Crippen LogP contribution in [0.2, 0.25) is 0 Å². The number of benzene rings is 1. The van der Waals surface area contributed by atoms with Crippen LogP contribution in [0.5, 0.6) is 0 Å². The van der Waals surface area contributed by atoms with Gasteiger partial charge in [0, 0.05) is 23.5 Å². The van der Waals surface area contributed by atoms with Gasteiger partial charge in [0.05, 0.1) is 5.69 Å². The lowest BCUT2D eigenvalue weighted by Crippen LogP contribution is -2.13. The summed E-state index contributed by atoms with van der Waals surface area (Å²) in [6.07, 6.45) is 0.539. The first-order valence-electron chi connectivity index (χ1n) is 8.31. The number of carboxylic acids is 1. The highest BCUT2D eigenvalue weighted by Crippen LogP contribution is 2.19. The fraction of sp³-hybridized carbons (Fsp3) is 0.263. The van der Waals surface area contributed by atoms with E-state index in [4.69, 9.17) is 5.11 Å². The minimum Gasteiger partial charge on any atom is -0.481 e. The Morgan fingerprint density at radius 1 is 1.15 bits per heavy atom. The van der Waals surface area contributed by atoms with Gasteiger partial charge < -0.3 is 10.4 Å². The molecule has 0 spiro atoms. The van der Waals surface area contributed by atoms with E-state index >= 15 is 0 Å². The highest BCUT2D eigenvalue weighted by atomic mass is 16.4. The molecular formula is C19H20N4O3. The summed E-state index contributed by atoms with van der Waals surface area (Å²) in [7, 11) is 0. The third kappa shape index (κ3) is 3.56. The van der Waals surface area contributed by atoms with Crippen molar-refractivity contribution in [1.29, 1.82) is 0 Å². The molecule has 3 rings (SSSR count). The average Bonchev–Trinajstić information content (AvgIpc) is 2.90. The van der Waals surface area contributed by atoms with Gasteiger partial charge in [-0.3, -0.25) is 9.59 Å². The van der Waals surface area contributed by atoms with Crippen molar-refractivity contribution in [2.75, 3.05) is 5.32 Å². The molecule has 0 aliphatic carbocycles. The normalized spacial score (nSPS) is 10.9. The minimum atomic E-state index is -0.830. The van der Waals surface area contributed by atoms with Gasteiger partial charge in [0.25, 0.3) is 5.91 Å². The van der Waals surface area contributed by atoms with Crippen molar-refractivity contribution in [3.63, 3.8) is 0 Å². The van der Waals surface area contributed by atoms with Crippen LogP contribution in [-0.4, -0.2) is 31.6 Å². The van der Waals surface area contributed by atoms with E-state index < -0.39 is 5.97 Å². The van der Waals surface area contributed by atoms with E-state index in [0.717, 1.165) is 17.0 Å². The minimum absolute atomic E-state index is 0.0810. The number of aromatic nitrogens is 3. The number of anilines is 1. The molecule has 0 radical (unpaired) electrons. The lowest BCUT2D eigenvalue weighted by Gasteiger charge is -2.07. The Kier molecular flexibility index (Phi) is 4.71. The number of hydrogen-bond donors (Lipinski definition) is 2. The first-order chi connectivity index (χ1) is 12.3. The highest BCUT2D eigenvalue weighted by molar-refractivity contribution is 6.09. The van der Waals surface area contributed by atoms with Crippen LogP contribution in [0.15, 0.2) is 30.3 Å². The van der Waals surface area contributed by atoms with Crippen LogP contribution in [-0.2, 0) is 11.2 Å². The van der Waals surface area contributed by atoms with Crippen LogP contribution < -0.4 is 5.32 Å². The number of carbonyl (C=O) groups is 2. The van der Waals surface area contributed by atoms with Gasteiger partial charge in [-0.2, -0.15) is 5.10 Å². The molecule has 134 valence electrons. The first-order valence-corrected chi connectivity index (χ1v) is 8.31. The maximum Gasteiger partial charge on any atom is 0.303 e. The molecule has 7 heteroatoms. The van der Waals surface area contributed by atoms with Crippen molar-refractivity contribution in [3.8, 4) is 0 Å². The molecule has 1 aromatic carbocycles. The van der Waals surface area contributed by atoms with Crippen molar-refractivity contribution in [1.82, 2.24) is 14.6 Å². The maximum atomic E-state index is 12.8. The number of hydrogen-bond acceptors (Lipinski definition) is 4. The molecule has 0 saturated carbocycles. The molecule has 0 saturated heterocycles. The van der Waals surface area contributed by atoms with E-state index in [1.54, 1.807) is 23.6 Å². The molecule has 3 aromatic rings. The van der Waals surface area contributed by atoms with Gasteiger partial charge in [0.2, 0.25) is 0 Å². The van der Waals surface area contributed by atoms with Crippen molar-refractivity contribution < 1.29 is 14.7 Å². The van der Waals surface area contributed by atoms with Gasteiger partial charge in [-0.15, -0.1) is 0 Å². The summed E-state index contributed by atoms with van der Waals surface area (Å²) in [4.78, 5) is 27.8. The summed E-state index contributed by atoms with van der Waals surface area (Å²) in [5.74, 6) is -1.10. The smallest absolute Gasteiger partial charge is 0.303 e. The molecule has 2 heterocycles. The van der Waals surface area contributed by atoms with E-state index in [0.29, 0.717) is 29.0 Å². The zero-order valence-corrected chi connectivity index (χ0v) is 14.9. The summed E-state index contributed by atoms with van der Waals surface area (Å²) < 4.78 is 1.67. The zero-order chi connectivity index (χ0) is 18.8. The second-order valence-electron chi connectivity index (χ2n) is 6.28. The first kappa shape index (κ1) is 17.6. The summed E-state index contributed by atoms with van der Waals surface area (Å²) in [6.45, 7) is 5.59. The van der Waals surface area contributed by atoms with Gasteiger partial charge in [0.1, 0.15) is 5.56 Å². The monoisotopic (exact) mass is 352 g/mol. The zero-order valence-electron chi connectivity index (χ0n) is 14.9. The number of nitrogens with one attached hydrogen (secondary N) is 1. The molecule has 7 nitrogen and oxygen atoms in total. The molecule has 0 aliphatic rings. The molecule has 0 bridgehead atoms. The highest BCUT2D eigenvalue weighted by Gasteiger charge is 2.19. The van der Waals surface area contributed by atoms with Crippen LogP contribution in [0.4, 0.5) is 5.69 Å². The Bertz CT molecular complexity index is 990. The number of carbonyl (C=O) groups excluding carboxylic acids is 1. The number of aliphatic carboxylic acids is 1. The molecule has 2 N–H and O–H groups in total. The summed E-state index contributed by atoms with van der Waals surface area (Å²) in [5.41, 5.74) is 4.89. The third-order valence-electron chi connectivity index (χ3n) is 4.14. The van der Waals surface area contributed by atoms with Crippen molar-refractivity contribution in [2.45, 2.75) is 33.6 Å². The average molecular weight is 352 g/mol. The second kappa shape index (κ2) is 6.95. The standard InChI is InChI=1S/C19H20N4O3/c1-11-10-12(2)23-18(20-11)17(13(3)22-23)19(26)21-15-7-4-14(5-8-15)6-9-16(24)25/h4-5,7-8,10H,6,9H2,1-3H3,(H,21,26)(H,24,25). The summed E-state index contributed by atoms with van der Waals surface area (Å²) >= 11 is 0. The fourth-order valence-corrected chi connectivity index (χ4v) is 2.89. The fourth-order valence-electron chi connectivity index (χ4n) is 2.89. The quantitative estimate of drug-likeness (QED) is 0.736. The van der Waals surface area contributed by atoms with E-state index in [2.05, 4.69) is 15.4 Å². The number of amides is 1. The summed E-state index contributed by atoms with van der Waals surface area (Å²) in [5, 5.41) is 16.0. The van der Waals surface area contributed by atoms with Gasteiger partial charge >= 0.3 is 5.97 Å². The van der Waals surface area contributed by atoms with Gasteiger partial charge in [-0.1, -0.05) is 12.1 Å². The van der Waals surface area contributed by atoms with Crippen LogP contribution in [0.1, 0.15) is 39.4 Å². The van der Waals surface area contributed by atoms with Crippen molar-refractivity contribution in [3.05, 3.63) is 58.5 Å². The van der Waals surface area contributed by atoms with Crippen LogP contribution >= 0.6 is 0 Å². The van der Waals surface area contributed by atoms with Gasteiger partial charge in [-0.05, 0) is 51.0 Å². The number of nitrogens with zero attached hydrogens (tertiary/aromatic N) is 3. The Hall–Kier alpha value is -3.22. The van der Waals surface area contributed by atoms with E-state index in [-0.39, 0.29) is 12.3 Å². The number of carboxylic acid groups (broad SMARTS) is 1. The largest absolute Gasteiger partial charge is 0.481 e. The Labute approximate surface area is 150 Å². The number of aryl methyl sites for hydroxylation is 4. The maximum absolute atomic E-state index is 12.8. The lowest BCUT2D eigenvalue weighted by atomic mass is 10.1. The molecule has 0 atom stereocenters. The molecule has 2 aromatic heterocycles. The van der Waals surface area contributed by atoms with Crippen LogP contribution in [0.3, 0.4) is 0 Å². The Morgan fingerprint density at radius 3 is 2.50 bits per heavy atom.